The third-order valence-electron chi connectivity index (χ3n) is 0.810. The molecule has 0 bridgehead atoms. The molecule has 0 aliphatic rings. The zero-order valence-corrected chi connectivity index (χ0v) is 5.16. The van der Waals surface area contributed by atoms with E-state index in [1.54, 1.807) is 6.92 Å². The fraction of sp³-hybridized carbons (Fsp3) is 0.800. The molecule has 0 radical (unpaired) electrons. The van der Waals surface area contributed by atoms with Crippen LogP contribution in [0.15, 0.2) is 4.99 Å². The first-order chi connectivity index (χ1) is 4.12. The molecule has 2 N–H and O–H groups in total. The van der Waals surface area contributed by atoms with Gasteiger partial charge in [0.05, 0.1) is 0 Å². The average Bonchev–Trinajstić information content (AvgIpc) is 1.64. The summed E-state index contributed by atoms with van der Waals surface area (Å²) in [5, 5.41) is 17.3. The standard InChI is InChI=1S/C5H9NO3/c1-2-3-5(8,9)6-4-7/h8-9H,2-3H2,1H3. The molecule has 0 fully saturated rings. The Morgan fingerprint density at radius 2 is 2.22 bits per heavy atom. The minimum absolute atomic E-state index is 0.0578. The number of rotatable bonds is 3. The van der Waals surface area contributed by atoms with Gasteiger partial charge in [0.25, 0.3) is 5.91 Å². The van der Waals surface area contributed by atoms with Gasteiger partial charge in [0.15, 0.2) is 0 Å². The molecule has 0 saturated carbocycles. The number of hydrogen-bond donors (Lipinski definition) is 2. The second kappa shape index (κ2) is 3.35. The molecule has 4 nitrogen and oxygen atoms in total. The molecule has 9 heavy (non-hydrogen) atoms. The smallest absolute Gasteiger partial charge is 0.275 e. The molecule has 0 unspecified atom stereocenters. The van der Waals surface area contributed by atoms with Crippen molar-refractivity contribution in [2.75, 3.05) is 0 Å². The van der Waals surface area contributed by atoms with E-state index in [0.29, 0.717) is 6.42 Å². The van der Waals surface area contributed by atoms with E-state index in [0.717, 1.165) is 6.08 Å². The van der Waals surface area contributed by atoms with Crippen molar-refractivity contribution in [2.45, 2.75) is 25.7 Å². The molecule has 0 atom stereocenters. The minimum atomic E-state index is -2.20. The van der Waals surface area contributed by atoms with Crippen LogP contribution in [-0.4, -0.2) is 22.2 Å². The first kappa shape index (κ1) is 8.30. The fourth-order valence-electron chi connectivity index (χ4n) is 0.464. The van der Waals surface area contributed by atoms with Crippen LogP contribution in [0.5, 0.6) is 0 Å². The van der Waals surface area contributed by atoms with Crippen LogP contribution in [0.25, 0.3) is 0 Å². The summed E-state index contributed by atoms with van der Waals surface area (Å²) < 4.78 is 0. The summed E-state index contributed by atoms with van der Waals surface area (Å²) in [6, 6.07) is 0. The summed E-state index contributed by atoms with van der Waals surface area (Å²) in [6.45, 7) is 1.75. The molecule has 0 aliphatic carbocycles. The maximum atomic E-state index is 9.48. The largest absolute Gasteiger partial charge is 0.347 e. The highest BCUT2D eigenvalue weighted by molar-refractivity contribution is 5.33. The van der Waals surface area contributed by atoms with Crippen LogP contribution < -0.4 is 0 Å². The number of hydrogen-bond acceptors (Lipinski definition) is 4. The van der Waals surface area contributed by atoms with E-state index in [1.165, 1.54) is 0 Å². The van der Waals surface area contributed by atoms with Gasteiger partial charge in [-0.15, -0.1) is 4.99 Å². The van der Waals surface area contributed by atoms with Gasteiger partial charge >= 0.3 is 0 Å². The van der Waals surface area contributed by atoms with Gasteiger partial charge in [-0.1, -0.05) is 6.92 Å². The summed E-state index contributed by atoms with van der Waals surface area (Å²) in [5.74, 6) is -2.20. The second-order valence-electron chi connectivity index (χ2n) is 1.73. The van der Waals surface area contributed by atoms with Crippen molar-refractivity contribution in [1.29, 1.82) is 0 Å². The Balaban J connectivity index is 3.85. The minimum Gasteiger partial charge on any atom is -0.347 e. The first-order valence-electron chi connectivity index (χ1n) is 2.66. The lowest BCUT2D eigenvalue weighted by atomic mass is 10.3. The monoisotopic (exact) mass is 131 g/mol. The summed E-state index contributed by atoms with van der Waals surface area (Å²) in [7, 11) is 0. The van der Waals surface area contributed by atoms with Crippen molar-refractivity contribution in [2.24, 2.45) is 4.99 Å². The normalized spacial score (nSPS) is 10.6. The Hall–Kier alpha value is -0.700. The van der Waals surface area contributed by atoms with E-state index < -0.39 is 5.91 Å². The van der Waals surface area contributed by atoms with Crippen molar-refractivity contribution < 1.29 is 15.0 Å². The number of aliphatic hydroxyl groups is 2. The molecule has 4 heteroatoms. The van der Waals surface area contributed by atoms with Crippen LogP contribution in [0.4, 0.5) is 0 Å². The third-order valence-corrected chi connectivity index (χ3v) is 0.810. The molecule has 0 saturated heterocycles. The van der Waals surface area contributed by atoms with Crippen LogP contribution in [0.1, 0.15) is 19.8 Å². The van der Waals surface area contributed by atoms with E-state index in [1.807, 2.05) is 0 Å². The van der Waals surface area contributed by atoms with Gasteiger partial charge in [0.1, 0.15) is 0 Å². The Morgan fingerprint density at radius 3 is 2.56 bits per heavy atom. The van der Waals surface area contributed by atoms with Gasteiger partial charge in [-0.3, -0.25) is 0 Å². The lowest BCUT2D eigenvalue weighted by Crippen LogP contribution is -2.24. The van der Waals surface area contributed by atoms with E-state index in [-0.39, 0.29) is 6.42 Å². The molecular formula is C5H9NO3. The predicted molar refractivity (Wildman–Crippen MR) is 30.2 cm³/mol. The van der Waals surface area contributed by atoms with Crippen LogP contribution in [-0.2, 0) is 4.79 Å². The highest BCUT2D eigenvalue weighted by Gasteiger charge is 2.19. The first-order valence-corrected chi connectivity index (χ1v) is 2.66. The Labute approximate surface area is 52.8 Å². The lowest BCUT2D eigenvalue weighted by molar-refractivity contribution is -0.157. The Morgan fingerprint density at radius 1 is 1.67 bits per heavy atom. The van der Waals surface area contributed by atoms with Crippen molar-refractivity contribution in [3.8, 4) is 0 Å². The molecular weight excluding hydrogens is 122 g/mol. The summed E-state index contributed by atoms with van der Waals surface area (Å²) in [4.78, 5) is 12.2. The third kappa shape index (κ3) is 3.85. The molecule has 0 aromatic rings. The number of aliphatic imine (C=N–C) groups is 1. The predicted octanol–water partition coefficient (Wildman–Crippen LogP) is -0.239. The highest BCUT2D eigenvalue weighted by atomic mass is 16.5. The van der Waals surface area contributed by atoms with E-state index in [9.17, 15) is 4.79 Å². The molecule has 0 spiro atoms. The van der Waals surface area contributed by atoms with Crippen LogP contribution in [0, 0.1) is 0 Å². The van der Waals surface area contributed by atoms with Crippen LogP contribution in [0.3, 0.4) is 0 Å². The van der Waals surface area contributed by atoms with E-state index in [4.69, 9.17) is 10.2 Å². The van der Waals surface area contributed by atoms with Crippen molar-refractivity contribution in [3.05, 3.63) is 0 Å². The average molecular weight is 131 g/mol. The van der Waals surface area contributed by atoms with Crippen molar-refractivity contribution in [3.63, 3.8) is 0 Å². The van der Waals surface area contributed by atoms with Gasteiger partial charge in [-0.05, 0) is 6.42 Å². The Bertz CT molecular complexity index is 126. The topological polar surface area (TPSA) is 69.9 Å². The zero-order valence-electron chi connectivity index (χ0n) is 5.16. The lowest BCUT2D eigenvalue weighted by Gasteiger charge is -2.11. The van der Waals surface area contributed by atoms with Gasteiger partial charge in [-0.25, -0.2) is 4.79 Å². The number of carbonyl (C=O) groups excluding carboxylic acids is 1. The Kier molecular flexibility index (Phi) is 3.09. The molecule has 0 amide bonds. The molecule has 0 aromatic heterocycles. The molecule has 0 aliphatic heterocycles. The van der Waals surface area contributed by atoms with Gasteiger partial charge in [-0.2, -0.15) is 0 Å². The molecule has 0 heterocycles. The SMILES string of the molecule is CCCC(O)(O)N=C=O. The zero-order chi connectivity index (χ0) is 7.33. The number of isocyanates is 1. The van der Waals surface area contributed by atoms with E-state index in [2.05, 4.69) is 4.99 Å². The highest BCUT2D eigenvalue weighted by Crippen LogP contribution is 2.07. The quantitative estimate of drug-likeness (QED) is 0.315. The van der Waals surface area contributed by atoms with Gasteiger partial charge in [0.2, 0.25) is 6.08 Å². The fourth-order valence-corrected chi connectivity index (χ4v) is 0.464. The second-order valence-corrected chi connectivity index (χ2v) is 1.73. The van der Waals surface area contributed by atoms with E-state index >= 15 is 0 Å². The van der Waals surface area contributed by atoms with Gasteiger partial charge in [0, 0.05) is 6.42 Å². The summed E-state index contributed by atoms with van der Waals surface area (Å²) >= 11 is 0. The van der Waals surface area contributed by atoms with Gasteiger partial charge < -0.3 is 10.2 Å². The summed E-state index contributed by atoms with van der Waals surface area (Å²) in [6.07, 6.45) is 1.68. The van der Waals surface area contributed by atoms with Crippen molar-refractivity contribution in [1.82, 2.24) is 0 Å². The number of nitrogens with zero attached hydrogens (tertiary/aromatic N) is 1. The molecule has 0 rings (SSSR count). The maximum Gasteiger partial charge on any atom is 0.275 e. The molecule has 0 aromatic carbocycles. The van der Waals surface area contributed by atoms with Crippen LogP contribution >= 0.6 is 0 Å². The molecule has 52 valence electrons. The van der Waals surface area contributed by atoms with Crippen LogP contribution in [0.2, 0.25) is 0 Å². The summed E-state index contributed by atoms with van der Waals surface area (Å²) in [5.41, 5.74) is 0. The maximum absolute atomic E-state index is 9.48. The van der Waals surface area contributed by atoms with Crippen molar-refractivity contribution >= 4 is 6.08 Å².